The van der Waals surface area contributed by atoms with Gasteiger partial charge < -0.3 is 40.8 Å². The molecule has 0 aromatic rings. The van der Waals surface area contributed by atoms with Crippen molar-refractivity contribution >= 4 is 11.8 Å². The van der Waals surface area contributed by atoms with Gasteiger partial charge in [0.15, 0.2) is 0 Å². The van der Waals surface area contributed by atoms with Gasteiger partial charge in [-0.3, -0.25) is 0 Å². The summed E-state index contributed by atoms with van der Waals surface area (Å²) in [6.07, 6.45) is 22.3. The van der Waals surface area contributed by atoms with E-state index in [-0.39, 0.29) is 0 Å². The van der Waals surface area contributed by atoms with Crippen molar-refractivity contribution in [3.63, 3.8) is 0 Å². The molecule has 0 aliphatic carbocycles. The molecule has 84 heavy (non-hydrogen) atoms. The van der Waals surface area contributed by atoms with Crippen LogP contribution in [0.15, 0.2) is 0 Å². The normalized spacial score (nSPS) is 31.5. The zero-order valence-electron chi connectivity index (χ0n) is 61.7. The lowest BCUT2D eigenvalue weighted by molar-refractivity contribution is -0.0893. The van der Waals surface area contributed by atoms with Gasteiger partial charge in [-0.2, -0.15) is 11.8 Å². The Hall–Kier alpha value is 0.0300. The molecule has 14 atom stereocenters. The largest absolute Gasteiger partial charge is 0.378 e. The maximum absolute atomic E-state index is 6.01. The molecule has 7 heterocycles. The maximum atomic E-state index is 6.01. The fourth-order valence-corrected chi connectivity index (χ4v) is 14.4. The molecule has 5 N–H and O–H groups in total. The van der Waals surface area contributed by atoms with Gasteiger partial charge in [0.2, 0.25) is 0 Å². The van der Waals surface area contributed by atoms with Crippen molar-refractivity contribution in [1.29, 1.82) is 0 Å². The Morgan fingerprint density at radius 3 is 0.595 bits per heavy atom. The number of morpholine rings is 1. The van der Waals surface area contributed by atoms with Gasteiger partial charge in [-0.15, -0.1) is 0 Å². The van der Waals surface area contributed by atoms with E-state index in [2.05, 4.69) is 232 Å². The lowest BCUT2D eigenvalue weighted by Crippen LogP contribution is -2.53. The Bertz CT molecular complexity index is 1140. The second-order valence-corrected chi connectivity index (χ2v) is 33.5. The van der Waals surface area contributed by atoms with Crippen LogP contribution in [-0.4, -0.2) is 110 Å². The molecule has 8 nitrogen and oxygen atoms in total. The predicted molar refractivity (Wildman–Crippen MR) is 376 cm³/mol. The second-order valence-electron chi connectivity index (χ2n) is 32.5. The standard InChI is InChI=1S/3C11H23N.2C11H22O.C10H21NO.C10H21NS/c5*1-8(2)10-6-5-7-11(12-10)9(3)4;2*1-7(2)9-5-12-6-10(11-9)8(3)4/h3*8-12H,5-7H2,1-4H3;2*8-11H,5-7H2,1-4H3;2*7-11H,5-6H2,1-4H3/t2*10-,11+;10-,11-;10-,11+;10-,11-;2*9-,10-/m..0.000/s1. The molecule has 0 radical (unpaired) electrons. The molecule has 0 bridgehead atoms. The van der Waals surface area contributed by atoms with Crippen LogP contribution in [0.2, 0.25) is 0 Å². The lowest BCUT2D eigenvalue weighted by Gasteiger charge is -2.35. The Morgan fingerprint density at radius 2 is 0.405 bits per heavy atom. The van der Waals surface area contributed by atoms with Crippen molar-refractivity contribution in [2.75, 3.05) is 24.7 Å². The van der Waals surface area contributed by atoms with Crippen LogP contribution >= 0.6 is 11.8 Å². The van der Waals surface area contributed by atoms with E-state index in [1.165, 1.54) is 108 Å². The summed E-state index contributed by atoms with van der Waals surface area (Å²) >= 11 is 2.11. The number of hydrogen-bond acceptors (Lipinski definition) is 9. The molecule has 7 saturated heterocycles. The van der Waals surface area contributed by atoms with E-state index in [9.17, 15) is 0 Å². The first kappa shape index (κ1) is 82.0. The molecule has 7 aliphatic rings. The van der Waals surface area contributed by atoms with Gasteiger partial charge in [0, 0.05) is 71.9 Å². The van der Waals surface area contributed by atoms with E-state index < -0.39 is 0 Å². The van der Waals surface area contributed by atoms with E-state index in [0.29, 0.717) is 72.0 Å². The first-order valence-electron chi connectivity index (χ1n) is 36.5. The Kier molecular flexibility index (Phi) is 43.5. The van der Waals surface area contributed by atoms with Crippen LogP contribution in [-0.2, 0) is 14.2 Å². The molecule has 7 aliphatic heterocycles. The highest BCUT2D eigenvalue weighted by atomic mass is 32.2. The van der Waals surface area contributed by atoms with E-state index in [1.54, 1.807) is 0 Å². The molecule has 0 aromatic carbocycles. The quantitative estimate of drug-likeness (QED) is 0.117. The van der Waals surface area contributed by atoms with Crippen molar-refractivity contribution < 1.29 is 14.2 Å². The van der Waals surface area contributed by atoms with E-state index in [1.807, 2.05) is 0 Å². The zero-order chi connectivity index (χ0) is 64.0. The highest BCUT2D eigenvalue weighted by Gasteiger charge is 2.31. The van der Waals surface area contributed by atoms with Gasteiger partial charge in [-0.25, -0.2) is 0 Å². The van der Waals surface area contributed by atoms with E-state index in [0.717, 1.165) is 109 Å². The van der Waals surface area contributed by atoms with Crippen molar-refractivity contribution in [3.8, 4) is 0 Å². The maximum Gasteiger partial charge on any atom is 0.0623 e. The van der Waals surface area contributed by atoms with E-state index in [4.69, 9.17) is 14.2 Å². The number of hydrogen-bond donors (Lipinski definition) is 5. The number of rotatable bonds is 14. The summed E-state index contributed by atoms with van der Waals surface area (Å²) in [6, 6.07) is 7.18. The van der Waals surface area contributed by atoms with Crippen molar-refractivity contribution in [1.82, 2.24) is 26.6 Å². The molecule has 7 fully saturated rings. The minimum absolute atomic E-state index is 0.520. The Labute approximate surface area is 532 Å². The zero-order valence-corrected chi connectivity index (χ0v) is 62.6. The van der Waals surface area contributed by atoms with Crippen molar-refractivity contribution in [3.05, 3.63) is 0 Å². The van der Waals surface area contributed by atoms with Crippen LogP contribution in [0.25, 0.3) is 0 Å². The summed E-state index contributed by atoms with van der Waals surface area (Å²) in [6.45, 7) is 65.8. The summed E-state index contributed by atoms with van der Waals surface area (Å²) in [5.41, 5.74) is 0. The molecule has 7 rings (SSSR count). The summed E-state index contributed by atoms with van der Waals surface area (Å²) in [5.74, 6) is 13.0. The van der Waals surface area contributed by atoms with E-state index >= 15 is 0 Å². The first-order valence-corrected chi connectivity index (χ1v) is 37.7. The molecule has 0 amide bonds. The highest BCUT2D eigenvalue weighted by molar-refractivity contribution is 7.99. The van der Waals surface area contributed by atoms with Gasteiger partial charge in [-0.1, -0.05) is 213 Å². The van der Waals surface area contributed by atoms with Crippen LogP contribution in [0.1, 0.15) is 290 Å². The lowest BCUT2D eigenvalue weighted by atomic mass is 9.87. The summed E-state index contributed by atoms with van der Waals surface area (Å²) < 4.78 is 17.6. The smallest absolute Gasteiger partial charge is 0.0623 e. The summed E-state index contributed by atoms with van der Waals surface area (Å²) in [5, 5.41) is 18.6. The number of ether oxygens (including phenoxy) is 3. The third kappa shape index (κ3) is 33.9. The fraction of sp³-hybridized carbons (Fsp3) is 1.00. The van der Waals surface area contributed by atoms with Crippen LogP contribution in [0.3, 0.4) is 0 Å². The minimum atomic E-state index is 0.520. The van der Waals surface area contributed by atoms with Crippen LogP contribution in [0.5, 0.6) is 0 Å². The minimum Gasteiger partial charge on any atom is -0.378 e. The number of piperidine rings is 3. The molecule has 0 aromatic heterocycles. The Morgan fingerprint density at radius 1 is 0.226 bits per heavy atom. The average molecular weight is 1210 g/mol. The molecule has 504 valence electrons. The number of nitrogens with one attached hydrogen (secondary N) is 5. The third-order valence-corrected chi connectivity index (χ3v) is 21.3. The van der Waals surface area contributed by atoms with Crippen LogP contribution in [0.4, 0.5) is 0 Å². The van der Waals surface area contributed by atoms with Crippen LogP contribution in [0, 0.1) is 82.9 Å². The van der Waals surface area contributed by atoms with Gasteiger partial charge >= 0.3 is 0 Å². The van der Waals surface area contributed by atoms with Crippen molar-refractivity contribution in [2.24, 2.45) is 82.9 Å². The molecule has 9 heteroatoms. The summed E-state index contributed by atoms with van der Waals surface area (Å²) in [4.78, 5) is 0. The number of thioether (sulfide) groups is 1. The predicted octanol–water partition coefficient (Wildman–Crippen LogP) is 18.9. The second kappa shape index (κ2) is 44.5. The summed E-state index contributed by atoms with van der Waals surface area (Å²) in [7, 11) is 0. The van der Waals surface area contributed by atoms with Gasteiger partial charge in [0.25, 0.3) is 0 Å². The van der Waals surface area contributed by atoms with Gasteiger partial charge in [-0.05, 0) is 160 Å². The van der Waals surface area contributed by atoms with Crippen LogP contribution < -0.4 is 26.6 Å². The molecular formula is C75H155N5O3S. The topological polar surface area (TPSA) is 87.8 Å². The third-order valence-electron chi connectivity index (χ3n) is 20.1. The highest BCUT2D eigenvalue weighted by Crippen LogP contribution is 2.30. The average Bonchev–Trinajstić information content (AvgIpc) is 3.46. The molecular weight excluding hydrogens is 1050 g/mol. The van der Waals surface area contributed by atoms with Crippen molar-refractivity contribution in [2.45, 2.75) is 375 Å². The van der Waals surface area contributed by atoms with Gasteiger partial charge in [0.05, 0.1) is 37.6 Å². The first-order chi connectivity index (χ1) is 39.3. The molecule has 0 saturated carbocycles. The fourth-order valence-electron chi connectivity index (χ4n) is 12.8. The Balaban J connectivity index is 0.000000490. The molecule has 0 spiro atoms. The molecule has 0 unspecified atom stereocenters. The monoisotopic (exact) mass is 1210 g/mol. The van der Waals surface area contributed by atoms with Gasteiger partial charge in [0.1, 0.15) is 0 Å². The SMILES string of the molecule is CC(C)[C@@H]1CCC[C@@H](C(C)C)N1.CC(C)[C@@H]1CCC[C@@H](C(C)C)O1.CC(C)[C@@H]1CCC[C@H](C(C)C)N1.CC(C)[C@@H]1CCC[C@H](C(C)C)N1.CC(C)[C@@H]1CCC[C@H](C(C)C)O1.CC(C)[C@@H]1COC[C@@H](C(C)C)N1.CC(C)[C@@H]1CSC[C@@H](C(C)C)N1.